The number of rotatable bonds is 27. The molecule has 0 fully saturated rings. The van der Waals surface area contributed by atoms with E-state index in [1.807, 2.05) is 0 Å². The van der Waals surface area contributed by atoms with Crippen LogP contribution in [0.15, 0.2) is 234 Å². The number of hydrogen-bond acceptors (Lipinski definition) is 22. The Bertz CT molecular complexity index is 3550. The molecule has 8 aromatic rings. The molecule has 0 bridgehead atoms. The Balaban J connectivity index is -0.000000411. The molecule has 0 amide bonds. The monoisotopic (exact) mass is 1810 g/mol. The van der Waals surface area contributed by atoms with Crippen molar-refractivity contribution >= 4 is 77.3 Å². The maximum absolute atomic E-state index is 11.4. The van der Waals surface area contributed by atoms with Gasteiger partial charge in [0, 0.05) is 75.9 Å². The molecule has 0 spiro atoms. The van der Waals surface area contributed by atoms with E-state index in [9.17, 15) is 111 Å². The summed E-state index contributed by atoms with van der Waals surface area (Å²) in [4.78, 5) is 53.0. The van der Waals surface area contributed by atoms with Gasteiger partial charge in [0.15, 0.2) is 0 Å². The van der Waals surface area contributed by atoms with E-state index in [1.165, 1.54) is 48.5 Å². The van der Waals surface area contributed by atoms with E-state index in [1.54, 1.807) is 195 Å². The summed E-state index contributed by atoms with van der Waals surface area (Å²) >= 11 is 0. The van der Waals surface area contributed by atoms with Gasteiger partial charge < -0.3 is 70.9 Å². The number of halogens is 12. The number of para-hydroxylation sites is 8. The van der Waals surface area contributed by atoms with Crippen LogP contribution in [-0.2, 0) is 77.9 Å². The number of carbonyl (C=O) groups is 2. The van der Waals surface area contributed by atoms with E-state index >= 15 is 0 Å². The van der Waals surface area contributed by atoms with Crippen LogP contribution in [0.25, 0.3) is 0 Å². The maximum atomic E-state index is 11.4. The third kappa shape index (κ3) is 69.2. The molecule has 0 aromatic heterocycles. The van der Waals surface area contributed by atoms with Gasteiger partial charge in [-0.05, 0) is 70.2 Å². The van der Waals surface area contributed by atoms with Crippen molar-refractivity contribution in [3.8, 4) is 46.0 Å². The Kier molecular flexibility index (Phi) is 57.9. The molecular weight excluding hydrogens is 1730 g/mol. The maximum Gasteiger partial charge on any atom is 3.00 e. The third-order valence-electron chi connectivity index (χ3n) is 12.1. The van der Waals surface area contributed by atoms with Gasteiger partial charge in [-0.3, -0.25) is 39.9 Å². The van der Waals surface area contributed by atoms with Crippen LogP contribution in [-0.4, -0.2) is 138 Å². The number of unbranched alkanes of at least 4 members (excludes halogenated alkanes) is 3. The van der Waals surface area contributed by atoms with Gasteiger partial charge in [-0.1, -0.05) is 207 Å². The van der Waals surface area contributed by atoms with Gasteiger partial charge in [0.05, 0.1) is 52.4 Å². The molecule has 0 radical (unpaired) electrons. The molecule has 0 atom stereocenters. The fourth-order valence-electron chi connectivity index (χ4n) is 7.35. The van der Waals surface area contributed by atoms with Gasteiger partial charge in [0.1, 0.15) is 0 Å². The number of aliphatic carboxylic acids is 2. The summed E-state index contributed by atoms with van der Waals surface area (Å²) in [6.45, 7) is 3.82. The summed E-state index contributed by atoms with van der Waals surface area (Å²) in [5.41, 5.74) is 4.57. The largest absolute Gasteiger partial charge is 3.00 e. The van der Waals surface area contributed by atoms with Crippen molar-refractivity contribution in [3.63, 3.8) is 0 Å². The molecule has 114 heavy (non-hydrogen) atoms. The smallest absolute Gasteiger partial charge is 0.872 e. The molecule has 8 aromatic carbocycles. The number of aliphatic imine (C=N–C) groups is 8. The zero-order valence-corrected chi connectivity index (χ0v) is 66.8. The number of hydrogen-bond donors (Lipinski definition) is 2. The number of benzene rings is 8. The molecule has 8 rings (SSSR count). The molecular formula is C74H76F12Mn4N8O14P2. The summed E-state index contributed by atoms with van der Waals surface area (Å²) in [6, 6.07) is 53.8. The SMILES string of the molecule is CO.CO.F[P-](F)(F)(F)(F)F.F[P-](F)(F)(F)(F)F.O=C([O-])CCCCCCC(=O)[O-].[Mn+3].[Mn+3].[Mn+3].[Mn+3].[O-]c1ccccc1C=NCCN=Cc1ccccc1[O-].[O-]c1ccccc1C=NCCN=Cc1ccccc1[O-].[O-]c1ccccc1C=NCCN=Cc1ccccc1[O-].[O-]c1ccccc1C=NCCN=Cc1ccccc1[O-]. The molecule has 618 valence electrons. The minimum absolute atomic E-state index is 0. The topological polar surface area (TPSA) is 404 Å². The van der Waals surface area contributed by atoms with Crippen LogP contribution in [0.4, 0.5) is 50.4 Å². The first-order chi connectivity index (χ1) is 51.6. The molecule has 40 heteroatoms. The van der Waals surface area contributed by atoms with Gasteiger partial charge in [0.2, 0.25) is 0 Å². The molecule has 0 aliphatic rings. The van der Waals surface area contributed by atoms with Crippen molar-refractivity contribution in [2.75, 3.05) is 66.6 Å². The van der Waals surface area contributed by atoms with Gasteiger partial charge >= 0.3 is 134 Å². The van der Waals surface area contributed by atoms with Crippen molar-refractivity contribution in [1.29, 1.82) is 0 Å². The normalized spacial score (nSPS) is 12.0. The minimum atomic E-state index is -10.7. The predicted octanol–water partition coefficient (Wildman–Crippen LogP) is 10.3. The standard InChI is InChI=1S/4C16H16N2O2.C8H14O4.2CH4O.2F6P.4Mn/c4*19-15-7-3-1-5-13(15)11-17-9-10-18-12-14-6-2-4-8-16(14)20;9-7(10)5-3-1-2-4-6-8(11)12;2*1-2;2*1-7(2,3,4,5)6;;;;/h4*1-8,11-12,19-20H,9-10H2;1-6H2,(H,9,10)(H,11,12);2*2H,1H3;;;;;;/q;;;;;;;2*-1;4*+3/p-10. The van der Waals surface area contributed by atoms with Crippen molar-refractivity contribution in [2.45, 2.75) is 38.5 Å². The molecule has 0 saturated carbocycles. The quantitative estimate of drug-likeness (QED) is 0.0159. The molecule has 0 heterocycles. The van der Waals surface area contributed by atoms with Crippen LogP contribution in [0.5, 0.6) is 46.0 Å². The van der Waals surface area contributed by atoms with Crippen LogP contribution >= 0.6 is 15.6 Å². The van der Waals surface area contributed by atoms with Crippen LogP contribution < -0.4 is 51.1 Å². The van der Waals surface area contributed by atoms with E-state index < -0.39 is 27.6 Å². The summed E-state index contributed by atoms with van der Waals surface area (Å²) in [7, 11) is -19.3. The average Bonchev–Trinajstić information content (AvgIpc) is 0.795. The van der Waals surface area contributed by atoms with Crippen molar-refractivity contribution in [3.05, 3.63) is 239 Å². The van der Waals surface area contributed by atoms with Crippen molar-refractivity contribution < 1.29 is 190 Å². The van der Waals surface area contributed by atoms with E-state index in [4.69, 9.17) is 10.2 Å². The summed E-state index contributed by atoms with van der Waals surface area (Å²) in [5, 5.41) is 125. The Morgan fingerprint density at radius 2 is 0.360 bits per heavy atom. The Morgan fingerprint density at radius 3 is 0.456 bits per heavy atom. The number of nitrogens with zero attached hydrogens (tertiary/aromatic N) is 8. The zero-order chi connectivity index (χ0) is 83.0. The first-order valence-electron chi connectivity index (χ1n) is 32.1. The van der Waals surface area contributed by atoms with Crippen molar-refractivity contribution in [1.82, 2.24) is 0 Å². The number of aliphatic hydroxyl groups excluding tert-OH is 2. The minimum Gasteiger partial charge on any atom is -0.872 e. The Hall–Kier alpha value is -9.52. The van der Waals surface area contributed by atoms with Gasteiger partial charge in [-0.2, -0.15) is 0 Å². The molecule has 0 aliphatic heterocycles. The van der Waals surface area contributed by atoms with Gasteiger partial charge in [0.25, 0.3) is 0 Å². The molecule has 0 unspecified atom stereocenters. The number of carbonyl (C=O) groups excluding carboxylic acids is 2. The molecule has 22 nitrogen and oxygen atoms in total. The fourth-order valence-corrected chi connectivity index (χ4v) is 7.35. The molecule has 0 saturated heterocycles. The van der Waals surface area contributed by atoms with Crippen LogP contribution in [0.2, 0.25) is 0 Å². The zero-order valence-electron chi connectivity index (χ0n) is 60.3. The number of aliphatic hydroxyl groups is 2. The Labute approximate surface area is 692 Å². The fraction of sp³-hybridized carbons (Fsp3) is 0.216. The second-order valence-corrected chi connectivity index (χ2v) is 25.0. The average molecular weight is 1810 g/mol. The molecule has 0 aliphatic carbocycles. The van der Waals surface area contributed by atoms with E-state index in [-0.39, 0.29) is 127 Å². The Morgan fingerprint density at radius 1 is 0.254 bits per heavy atom. The molecule has 2 N–H and O–H groups in total. The summed E-state index contributed by atoms with van der Waals surface area (Å²) in [5.74, 6) is -2.43. The first kappa shape index (κ1) is 113. The summed E-state index contributed by atoms with van der Waals surface area (Å²) in [6.07, 6.45) is 15.2. The summed E-state index contributed by atoms with van der Waals surface area (Å²) < 4.78 is 118. The van der Waals surface area contributed by atoms with E-state index in [0.717, 1.165) is 27.1 Å². The van der Waals surface area contributed by atoms with Crippen LogP contribution in [0.1, 0.15) is 83.0 Å². The second kappa shape index (κ2) is 58.3. The third-order valence-corrected chi connectivity index (χ3v) is 12.1. The van der Waals surface area contributed by atoms with E-state index in [0.29, 0.717) is 110 Å². The van der Waals surface area contributed by atoms with Gasteiger partial charge in [-0.25, -0.2) is 0 Å². The van der Waals surface area contributed by atoms with Crippen LogP contribution in [0.3, 0.4) is 0 Å². The van der Waals surface area contributed by atoms with E-state index in [2.05, 4.69) is 39.9 Å². The first-order valence-corrected chi connectivity index (χ1v) is 36.2. The van der Waals surface area contributed by atoms with Crippen molar-refractivity contribution in [2.24, 2.45) is 39.9 Å². The number of carboxylic acids is 2. The second-order valence-electron chi connectivity index (χ2n) is 21.2. The van der Waals surface area contributed by atoms with Crippen LogP contribution in [0, 0.1) is 0 Å². The predicted molar refractivity (Wildman–Crippen MR) is 388 cm³/mol. The van der Waals surface area contributed by atoms with Gasteiger partial charge in [-0.15, -0.1) is 46.0 Å². The number of carboxylic acid groups (broad SMARTS) is 2.